The molecule has 0 amide bonds. The Morgan fingerprint density at radius 3 is 2.50 bits per heavy atom. The highest BCUT2D eigenvalue weighted by atomic mass is 35.5. The summed E-state index contributed by atoms with van der Waals surface area (Å²) in [4.78, 5) is 2.20. The SMILES string of the molecule is CN(C)CCCc1cccc(OCc2ccc(Cl)c(Cl)c2)c1. The number of halogens is 2. The molecule has 0 aliphatic rings. The van der Waals surface area contributed by atoms with Gasteiger partial charge in [-0.25, -0.2) is 0 Å². The number of hydrogen-bond donors (Lipinski definition) is 0. The Hall–Kier alpha value is -1.22. The minimum absolute atomic E-state index is 0.484. The van der Waals surface area contributed by atoms with Crippen LogP contribution < -0.4 is 4.74 Å². The lowest BCUT2D eigenvalue weighted by molar-refractivity contribution is 0.306. The molecule has 0 saturated carbocycles. The van der Waals surface area contributed by atoms with Gasteiger partial charge in [0.25, 0.3) is 0 Å². The van der Waals surface area contributed by atoms with Gasteiger partial charge in [0, 0.05) is 0 Å². The number of rotatable bonds is 7. The summed E-state index contributed by atoms with van der Waals surface area (Å²) in [5, 5.41) is 1.12. The molecular weight excluding hydrogens is 317 g/mol. The van der Waals surface area contributed by atoms with E-state index in [4.69, 9.17) is 27.9 Å². The standard InChI is InChI=1S/C18H21Cl2NO/c1-21(2)10-4-6-14-5-3-7-16(11-14)22-13-15-8-9-17(19)18(20)12-15/h3,5,7-9,11-12H,4,6,10,13H2,1-2H3. The molecule has 0 fully saturated rings. The molecule has 0 radical (unpaired) electrons. The van der Waals surface area contributed by atoms with Gasteiger partial charge in [0.05, 0.1) is 10.0 Å². The van der Waals surface area contributed by atoms with Gasteiger partial charge >= 0.3 is 0 Å². The second-order valence-electron chi connectivity index (χ2n) is 5.59. The van der Waals surface area contributed by atoms with Crippen molar-refractivity contribution < 1.29 is 4.74 Å². The molecule has 0 aliphatic heterocycles. The van der Waals surface area contributed by atoms with Crippen molar-refractivity contribution in [3.63, 3.8) is 0 Å². The maximum absolute atomic E-state index is 6.01. The normalized spacial score (nSPS) is 11.0. The van der Waals surface area contributed by atoms with Gasteiger partial charge in [0.15, 0.2) is 0 Å². The molecule has 0 aliphatic carbocycles. The van der Waals surface area contributed by atoms with Crippen molar-refractivity contribution in [3.05, 3.63) is 63.6 Å². The largest absolute Gasteiger partial charge is 0.489 e. The first kappa shape index (κ1) is 17.1. The van der Waals surface area contributed by atoms with Crippen molar-refractivity contribution in [2.75, 3.05) is 20.6 Å². The van der Waals surface area contributed by atoms with E-state index >= 15 is 0 Å². The quantitative estimate of drug-likeness (QED) is 0.699. The van der Waals surface area contributed by atoms with Gasteiger partial charge in [-0.15, -0.1) is 0 Å². The van der Waals surface area contributed by atoms with Crippen LogP contribution in [0.15, 0.2) is 42.5 Å². The molecule has 4 heteroatoms. The molecule has 0 atom stereocenters. The highest BCUT2D eigenvalue weighted by Crippen LogP contribution is 2.23. The van der Waals surface area contributed by atoms with Gasteiger partial charge in [0.1, 0.15) is 12.4 Å². The van der Waals surface area contributed by atoms with Gasteiger partial charge in [-0.05, 0) is 68.9 Å². The third-order valence-corrected chi connectivity index (χ3v) is 4.10. The minimum atomic E-state index is 0.484. The first-order chi connectivity index (χ1) is 10.5. The summed E-state index contributed by atoms with van der Waals surface area (Å²) in [7, 11) is 4.19. The topological polar surface area (TPSA) is 12.5 Å². The second-order valence-corrected chi connectivity index (χ2v) is 6.41. The molecule has 2 nitrogen and oxygen atoms in total. The Labute approximate surface area is 142 Å². The number of nitrogens with zero attached hydrogens (tertiary/aromatic N) is 1. The molecule has 0 saturated heterocycles. The molecule has 2 rings (SSSR count). The lowest BCUT2D eigenvalue weighted by Crippen LogP contribution is -2.13. The molecule has 22 heavy (non-hydrogen) atoms. The fourth-order valence-corrected chi connectivity index (χ4v) is 2.51. The molecule has 2 aromatic carbocycles. The minimum Gasteiger partial charge on any atom is -0.489 e. The molecule has 0 bridgehead atoms. The average Bonchev–Trinajstić information content (AvgIpc) is 2.49. The lowest BCUT2D eigenvalue weighted by Gasteiger charge is -2.11. The molecular formula is C18H21Cl2NO. The third-order valence-electron chi connectivity index (χ3n) is 3.36. The summed E-state index contributed by atoms with van der Waals surface area (Å²) in [6, 6.07) is 13.8. The van der Waals surface area contributed by atoms with Gasteiger partial charge < -0.3 is 9.64 Å². The van der Waals surface area contributed by atoms with E-state index in [9.17, 15) is 0 Å². The maximum Gasteiger partial charge on any atom is 0.120 e. The first-order valence-corrected chi connectivity index (χ1v) is 8.10. The van der Waals surface area contributed by atoms with E-state index in [0.717, 1.165) is 30.7 Å². The first-order valence-electron chi connectivity index (χ1n) is 7.35. The highest BCUT2D eigenvalue weighted by Gasteiger charge is 2.02. The average molecular weight is 338 g/mol. The monoisotopic (exact) mass is 337 g/mol. The fraction of sp³-hybridized carbons (Fsp3) is 0.333. The molecule has 0 heterocycles. The summed E-state index contributed by atoms with van der Waals surface area (Å²) in [6.07, 6.45) is 2.20. The van der Waals surface area contributed by atoms with E-state index in [0.29, 0.717) is 16.7 Å². The van der Waals surface area contributed by atoms with Gasteiger partial charge in [0.2, 0.25) is 0 Å². The molecule has 118 valence electrons. The van der Waals surface area contributed by atoms with E-state index in [1.165, 1.54) is 5.56 Å². The van der Waals surface area contributed by atoms with Crippen molar-refractivity contribution in [2.24, 2.45) is 0 Å². The molecule has 0 spiro atoms. The van der Waals surface area contributed by atoms with Crippen LogP contribution in [0.5, 0.6) is 5.75 Å². The van der Waals surface area contributed by atoms with Crippen LogP contribution in [0.2, 0.25) is 10.0 Å². The van der Waals surface area contributed by atoms with Crippen LogP contribution in [-0.4, -0.2) is 25.5 Å². The van der Waals surface area contributed by atoms with Crippen LogP contribution in [0, 0.1) is 0 Å². The van der Waals surface area contributed by atoms with Crippen LogP contribution in [0.3, 0.4) is 0 Å². The lowest BCUT2D eigenvalue weighted by atomic mass is 10.1. The molecule has 0 N–H and O–H groups in total. The molecule has 2 aromatic rings. The van der Waals surface area contributed by atoms with Crippen molar-refractivity contribution in [1.82, 2.24) is 4.90 Å². The second kappa shape index (κ2) is 8.42. The van der Waals surface area contributed by atoms with E-state index in [2.05, 4.69) is 31.1 Å². The smallest absolute Gasteiger partial charge is 0.120 e. The predicted molar refractivity (Wildman–Crippen MR) is 94.1 cm³/mol. The van der Waals surface area contributed by atoms with Crippen molar-refractivity contribution in [3.8, 4) is 5.75 Å². The van der Waals surface area contributed by atoms with Gasteiger partial charge in [-0.1, -0.05) is 41.4 Å². The summed E-state index contributed by atoms with van der Waals surface area (Å²) in [5.41, 5.74) is 2.31. The van der Waals surface area contributed by atoms with Crippen molar-refractivity contribution in [2.45, 2.75) is 19.4 Å². The fourth-order valence-electron chi connectivity index (χ4n) is 2.19. The number of hydrogen-bond acceptors (Lipinski definition) is 2. The van der Waals surface area contributed by atoms with Gasteiger partial charge in [-0.3, -0.25) is 0 Å². The summed E-state index contributed by atoms with van der Waals surface area (Å²) in [5.74, 6) is 0.883. The highest BCUT2D eigenvalue weighted by molar-refractivity contribution is 6.42. The zero-order valence-electron chi connectivity index (χ0n) is 13.0. The Kier molecular flexibility index (Phi) is 6.56. The van der Waals surface area contributed by atoms with Crippen LogP contribution >= 0.6 is 23.2 Å². The van der Waals surface area contributed by atoms with Crippen LogP contribution in [0.1, 0.15) is 17.5 Å². The maximum atomic E-state index is 6.01. The van der Waals surface area contributed by atoms with E-state index < -0.39 is 0 Å². The Bertz CT molecular complexity index is 614. The molecule has 0 unspecified atom stereocenters. The number of aryl methyl sites for hydroxylation is 1. The third kappa shape index (κ3) is 5.53. The summed E-state index contributed by atoms with van der Waals surface area (Å²) < 4.78 is 5.84. The Morgan fingerprint density at radius 2 is 1.77 bits per heavy atom. The van der Waals surface area contributed by atoms with Crippen molar-refractivity contribution in [1.29, 1.82) is 0 Å². The van der Waals surface area contributed by atoms with Gasteiger partial charge in [-0.2, -0.15) is 0 Å². The van der Waals surface area contributed by atoms with Crippen LogP contribution in [0.25, 0.3) is 0 Å². The van der Waals surface area contributed by atoms with E-state index in [1.54, 1.807) is 6.07 Å². The Morgan fingerprint density at radius 1 is 0.955 bits per heavy atom. The van der Waals surface area contributed by atoms with E-state index in [1.807, 2.05) is 24.3 Å². The van der Waals surface area contributed by atoms with Crippen LogP contribution in [-0.2, 0) is 13.0 Å². The van der Waals surface area contributed by atoms with E-state index in [-0.39, 0.29) is 0 Å². The molecule has 0 aromatic heterocycles. The number of benzene rings is 2. The summed E-state index contributed by atoms with van der Waals surface area (Å²) >= 11 is 11.9. The predicted octanol–water partition coefficient (Wildman–Crippen LogP) is 5.07. The zero-order chi connectivity index (χ0) is 15.9. The van der Waals surface area contributed by atoms with Crippen molar-refractivity contribution >= 4 is 23.2 Å². The van der Waals surface area contributed by atoms with Crippen LogP contribution in [0.4, 0.5) is 0 Å². The zero-order valence-corrected chi connectivity index (χ0v) is 14.5. The number of ether oxygens (including phenoxy) is 1. The Balaban J connectivity index is 1.91. The summed E-state index contributed by atoms with van der Waals surface area (Å²) in [6.45, 7) is 1.58.